The Morgan fingerprint density at radius 2 is 1.84 bits per heavy atom. The number of imide groups is 1. The van der Waals surface area contributed by atoms with Gasteiger partial charge in [0.05, 0.1) is 10.5 Å². The van der Waals surface area contributed by atoms with Crippen LogP contribution in [-0.4, -0.2) is 33.2 Å². The Labute approximate surface area is 148 Å². The first-order chi connectivity index (χ1) is 11.9. The molecule has 0 spiro atoms. The van der Waals surface area contributed by atoms with Crippen molar-refractivity contribution in [1.82, 2.24) is 4.90 Å². The second kappa shape index (κ2) is 6.60. The van der Waals surface area contributed by atoms with Crippen molar-refractivity contribution in [3.63, 3.8) is 0 Å². The molecule has 6 nitrogen and oxygen atoms in total. The van der Waals surface area contributed by atoms with E-state index in [1.54, 1.807) is 44.2 Å². The molecule has 3 rings (SSSR count). The molecule has 25 heavy (non-hydrogen) atoms. The summed E-state index contributed by atoms with van der Waals surface area (Å²) in [5.41, 5.74) is 0.915. The van der Waals surface area contributed by atoms with Crippen LogP contribution in [0.5, 0.6) is 0 Å². The summed E-state index contributed by atoms with van der Waals surface area (Å²) in [6.45, 7) is 3.57. The molecule has 1 saturated heterocycles. The molecular formula is C18H15NO5S. The molecule has 128 valence electrons. The summed E-state index contributed by atoms with van der Waals surface area (Å²) < 4.78 is 5.69. The molecule has 1 aromatic carbocycles. The molecule has 1 aliphatic rings. The Balaban J connectivity index is 1.83. The average molecular weight is 357 g/mol. The highest BCUT2D eigenvalue weighted by atomic mass is 32.2. The summed E-state index contributed by atoms with van der Waals surface area (Å²) in [7, 11) is 0. The second-order valence-electron chi connectivity index (χ2n) is 5.73. The van der Waals surface area contributed by atoms with Crippen LogP contribution in [0.1, 0.15) is 30.0 Å². The van der Waals surface area contributed by atoms with Crippen LogP contribution >= 0.6 is 11.8 Å². The van der Waals surface area contributed by atoms with E-state index in [-0.39, 0.29) is 22.8 Å². The summed E-state index contributed by atoms with van der Waals surface area (Å²) in [5.74, 6) is -0.320. The lowest BCUT2D eigenvalue weighted by atomic mass is 10.1. The van der Waals surface area contributed by atoms with Crippen molar-refractivity contribution in [3.05, 3.63) is 52.6 Å². The fraction of sp³-hybridized carbons (Fsp3) is 0.167. The molecule has 2 aromatic rings. The quantitative estimate of drug-likeness (QED) is 0.829. The van der Waals surface area contributed by atoms with E-state index >= 15 is 0 Å². The Morgan fingerprint density at radius 1 is 1.16 bits per heavy atom. The van der Waals surface area contributed by atoms with Crippen molar-refractivity contribution in [1.29, 1.82) is 0 Å². The molecule has 1 aliphatic heterocycles. The number of carbonyl (C=O) groups is 3. The fourth-order valence-corrected chi connectivity index (χ4v) is 3.36. The van der Waals surface area contributed by atoms with Crippen LogP contribution in [0.2, 0.25) is 0 Å². The first kappa shape index (κ1) is 17.0. The van der Waals surface area contributed by atoms with Gasteiger partial charge in [-0.15, -0.1) is 0 Å². The average Bonchev–Trinajstić information content (AvgIpc) is 3.12. The van der Waals surface area contributed by atoms with Crippen LogP contribution < -0.4 is 0 Å². The SMILES string of the molecule is CC(C)N1C(=O)S/C(=C/c2ccc(-c3ccc(C(=O)O)cc3)o2)C1=O. The topological polar surface area (TPSA) is 87.8 Å². The van der Waals surface area contributed by atoms with Crippen LogP contribution in [-0.2, 0) is 4.79 Å². The van der Waals surface area contributed by atoms with E-state index in [9.17, 15) is 14.4 Å². The summed E-state index contributed by atoms with van der Waals surface area (Å²) in [6, 6.07) is 9.52. The van der Waals surface area contributed by atoms with Gasteiger partial charge in [0.1, 0.15) is 11.5 Å². The van der Waals surface area contributed by atoms with Crippen molar-refractivity contribution in [2.45, 2.75) is 19.9 Å². The Bertz CT molecular complexity index is 879. The number of nitrogens with zero attached hydrogens (tertiary/aromatic N) is 1. The van der Waals surface area contributed by atoms with E-state index in [1.165, 1.54) is 17.0 Å². The minimum absolute atomic E-state index is 0.192. The molecular weight excluding hydrogens is 342 g/mol. The minimum Gasteiger partial charge on any atom is -0.478 e. The summed E-state index contributed by atoms with van der Waals surface area (Å²) in [6.07, 6.45) is 1.54. The molecule has 0 radical (unpaired) electrons. The third kappa shape index (κ3) is 3.36. The van der Waals surface area contributed by atoms with E-state index in [2.05, 4.69) is 0 Å². The van der Waals surface area contributed by atoms with Crippen molar-refractivity contribution in [2.75, 3.05) is 0 Å². The maximum absolute atomic E-state index is 12.3. The van der Waals surface area contributed by atoms with Gasteiger partial charge in [-0.1, -0.05) is 12.1 Å². The number of carboxylic acid groups (broad SMARTS) is 1. The standard InChI is InChI=1S/C18H15NO5S/c1-10(2)19-16(20)15(25-18(19)23)9-13-7-8-14(24-13)11-3-5-12(6-4-11)17(21)22/h3-10H,1-2H3,(H,21,22)/b15-9+. The monoisotopic (exact) mass is 357 g/mol. The molecule has 0 aliphatic carbocycles. The number of hydrogen-bond donors (Lipinski definition) is 1. The Kier molecular flexibility index (Phi) is 4.50. The summed E-state index contributed by atoms with van der Waals surface area (Å²) >= 11 is 0.888. The highest BCUT2D eigenvalue weighted by Gasteiger charge is 2.36. The number of benzene rings is 1. The van der Waals surface area contributed by atoms with Crippen LogP contribution in [0.4, 0.5) is 4.79 Å². The second-order valence-corrected chi connectivity index (χ2v) is 6.72. The van der Waals surface area contributed by atoms with Gasteiger partial charge in [0.2, 0.25) is 0 Å². The van der Waals surface area contributed by atoms with E-state index in [0.29, 0.717) is 16.4 Å². The number of aromatic carboxylic acids is 1. The zero-order valence-electron chi connectivity index (χ0n) is 13.6. The van der Waals surface area contributed by atoms with Crippen molar-refractivity contribution in [3.8, 4) is 11.3 Å². The predicted molar refractivity (Wildman–Crippen MR) is 94.0 cm³/mol. The van der Waals surface area contributed by atoms with Gasteiger partial charge in [-0.2, -0.15) is 0 Å². The third-order valence-electron chi connectivity index (χ3n) is 3.66. The summed E-state index contributed by atoms with van der Waals surface area (Å²) in [4.78, 5) is 36.6. The van der Waals surface area contributed by atoms with Crippen molar-refractivity contribution in [2.24, 2.45) is 0 Å². The molecule has 2 amide bonds. The number of hydrogen-bond acceptors (Lipinski definition) is 5. The molecule has 0 saturated carbocycles. The zero-order chi connectivity index (χ0) is 18.1. The number of furan rings is 1. The van der Waals surface area contributed by atoms with Crippen molar-refractivity contribution >= 4 is 35.0 Å². The van der Waals surface area contributed by atoms with Gasteiger partial charge < -0.3 is 9.52 Å². The number of carboxylic acids is 1. The van der Waals surface area contributed by atoms with E-state index < -0.39 is 5.97 Å². The lowest BCUT2D eigenvalue weighted by Gasteiger charge is -2.16. The fourth-order valence-electron chi connectivity index (χ4n) is 2.42. The van der Waals surface area contributed by atoms with E-state index in [1.807, 2.05) is 0 Å². The third-order valence-corrected chi connectivity index (χ3v) is 4.54. The number of amides is 2. The normalized spacial score (nSPS) is 16.3. The van der Waals surface area contributed by atoms with Gasteiger partial charge in [-0.3, -0.25) is 14.5 Å². The highest BCUT2D eigenvalue weighted by Crippen LogP contribution is 2.34. The van der Waals surface area contributed by atoms with Gasteiger partial charge in [-0.05, 0) is 49.9 Å². The van der Waals surface area contributed by atoms with Crippen molar-refractivity contribution < 1.29 is 23.9 Å². The maximum Gasteiger partial charge on any atom is 0.335 e. The van der Waals surface area contributed by atoms with Crippen LogP contribution in [0, 0.1) is 0 Å². The molecule has 2 heterocycles. The van der Waals surface area contributed by atoms with Crippen LogP contribution in [0.25, 0.3) is 17.4 Å². The van der Waals surface area contributed by atoms with Gasteiger partial charge in [-0.25, -0.2) is 4.79 Å². The van der Waals surface area contributed by atoms with Crippen LogP contribution in [0.15, 0.2) is 45.7 Å². The number of carbonyl (C=O) groups excluding carboxylic acids is 2. The molecule has 1 aromatic heterocycles. The molecule has 1 N–H and O–H groups in total. The van der Waals surface area contributed by atoms with E-state index in [4.69, 9.17) is 9.52 Å². The number of rotatable bonds is 4. The van der Waals surface area contributed by atoms with Crippen LogP contribution in [0.3, 0.4) is 0 Å². The molecule has 1 fully saturated rings. The van der Waals surface area contributed by atoms with Gasteiger partial charge in [0, 0.05) is 17.7 Å². The van der Waals surface area contributed by atoms with E-state index in [0.717, 1.165) is 17.3 Å². The molecule has 0 unspecified atom stereocenters. The first-order valence-electron chi connectivity index (χ1n) is 7.57. The summed E-state index contributed by atoms with van der Waals surface area (Å²) in [5, 5.41) is 8.63. The van der Waals surface area contributed by atoms with Gasteiger partial charge in [0.25, 0.3) is 11.1 Å². The Morgan fingerprint density at radius 3 is 2.40 bits per heavy atom. The highest BCUT2D eigenvalue weighted by molar-refractivity contribution is 8.18. The Hall–Kier alpha value is -2.80. The molecule has 7 heteroatoms. The lowest BCUT2D eigenvalue weighted by Crippen LogP contribution is -2.34. The largest absolute Gasteiger partial charge is 0.478 e. The lowest BCUT2D eigenvalue weighted by molar-refractivity contribution is -0.123. The molecule has 0 bridgehead atoms. The minimum atomic E-state index is -0.993. The smallest absolute Gasteiger partial charge is 0.335 e. The maximum atomic E-state index is 12.3. The molecule has 0 atom stereocenters. The first-order valence-corrected chi connectivity index (χ1v) is 8.39. The van der Waals surface area contributed by atoms with Gasteiger partial charge in [0.15, 0.2) is 0 Å². The number of thioether (sulfide) groups is 1. The van der Waals surface area contributed by atoms with Gasteiger partial charge >= 0.3 is 5.97 Å². The predicted octanol–water partition coefficient (Wildman–Crippen LogP) is 4.09. The zero-order valence-corrected chi connectivity index (χ0v) is 14.4.